The fourth-order valence-electron chi connectivity index (χ4n) is 3.27. The van der Waals surface area contributed by atoms with Gasteiger partial charge in [-0.15, -0.1) is 0 Å². The molecule has 4 rings (SSSR count). The van der Waals surface area contributed by atoms with Crippen LogP contribution in [0.15, 0.2) is 48.5 Å². The van der Waals surface area contributed by atoms with E-state index in [4.69, 9.17) is 5.73 Å². The van der Waals surface area contributed by atoms with Crippen molar-refractivity contribution in [3.63, 3.8) is 0 Å². The highest BCUT2D eigenvalue weighted by atomic mass is 16.2. The second kappa shape index (κ2) is 6.01. The molecular formula is C18H18N6O. The van der Waals surface area contributed by atoms with Gasteiger partial charge in [-0.25, -0.2) is 0 Å². The molecule has 126 valence electrons. The van der Waals surface area contributed by atoms with Crippen molar-refractivity contribution in [1.29, 1.82) is 0 Å². The van der Waals surface area contributed by atoms with Crippen LogP contribution in [0.25, 0.3) is 5.69 Å². The summed E-state index contributed by atoms with van der Waals surface area (Å²) in [6.07, 6.45) is 0.863. The number of hydrogen-bond donors (Lipinski definition) is 1. The number of nitrogen functional groups attached to an aromatic ring is 1. The maximum atomic E-state index is 13.1. The number of carbonyl (C=O) groups excluding carboxylic acids is 1. The Morgan fingerprint density at radius 2 is 1.96 bits per heavy atom. The Morgan fingerprint density at radius 3 is 2.72 bits per heavy atom. The Balaban J connectivity index is 1.64. The quantitative estimate of drug-likeness (QED) is 0.772. The smallest absolute Gasteiger partial charge is 0.254 e. The van der Waals surface area contributed by atoms with Crippen molar-refractivity contribution in [3.8, 4) is 5.69 Å². The van der Waals surface area contributed by atoms with Crippen molar-refractivity contribution in [2.45, 2.75) is 25.9 Å². The van der Waals surface area contributed by atoms with Gasteiger partial charge in [-0.1, -0.05) is 35.4 Å². The number of benzene rings is 2. The molecule has 0 bridgehead atoms. The first-order valence-corrected chi connectivity index (χ1v) is 8.15. The topological polar surface area (TPSA) is 89.9 Å². The second-order valence-corrected chi connectivity index (χ2v) is 6.25. The van der Waals surface area contributed by atoms with E-state index in [1.54, 1.807) is 12.1 Å². The lowest BCUT2D eigenvalue weighted by molar-refractivity contribution is 0.0658. The van der Waals surface area contributed by atoms with Gasteiger partial charge in [-0.05, 0) is 53.1 Å². The summed E-state index contributed by atoms with van der Waals surface area (Å²) in [5, 5.41) is 11.1. The monoisotopic (exact) mass is 334 g/mol. The minimum Gasteiger partial charge on any atom is -0.366 e. The molecule has 7 heteroatoms. The molecule has 0 fully saturated rings. The van der Waals surface area contributed by atoms with Crippen LogP contribution in [0.2, 0.25) is 0 Å². The molecule has 2 aromatic carbocycles. The van der Waals surface area contributed by atoms with Gasteiger partial charge < -0.3 is 10.6 Å². The molecule has 25 heavy (non-hydrogen) atoms. The molecule has 0 aliphatic carbocycles. The molecule has 0 saturated carbocycles. The SMILES string of the molecule is CC1Cc2ccccc2CN1C(=O)c1cccc(-n2nnnc2N)c1. The van der Waals surface area contributed by atoms with Crippen LogP contribution in [-0.2, 0) is 13.0 Å². The molecule has 1 amide bonds. The first-order valence-electron chi connectivity index (χ1n) is 8.15. The standard InChI is InChI=1S/C18H18N6O/c1-12-9-13-5-2-3-6-15(13)11-23(12)17(25)14-7-4-8-16(10-14)24-18(19)20-21-22-24/h2-8,10,12H,9,11H2,1H3,(H2,19,20,22). The summed E-state index contributed by atoms with van der Waals surface area (Å²) < 4.78 is 1.41. The molecule has 0 saturated heterocycles. The van der Waals surface area contributed by atoms with E-state index >= 15 is 0 Å². The maximum Gasteiger partial charge on any atom is 0.254 e. The van der Waals surface area contributed by atoms with Crippen LogP contribution in [-0.4, -0.2) is 37.1 Å². The van der Waals surface area contributed by atoms with E-state index in [0.29, 0.717) is 17.8 Å². The predicted molar refractivity (Wildman–Crippen MR) is 93.0 cm³/mol. The summed E-state index contributed by atoms with van der Waals surface area (Å²) in [5.74, 6) is 0.181. The Labute approximate surface area is 145 Å². The molecular weight excluding hydrogens is 316 g/mol. The van der Waals surface area contributed by atoms with Crippen molar-refractivity contribution in [2.75, 3.05) is 5.73 Å². The van der Waals surface area contributed by atoms with E-state index in [-0.39, 0.29) is 17.9 Å². The van der Waals surface area contributed by atoms with Crippen LogP contribution in [0, 0.1) is 0 Å². The van der Waals surface area contributed by atoms with Gasteiger partial charge in [0.15, 0.2) is 0 Å². The minimum absolute atomic E-state index is 0.00417. The Hall–Kier alpha value is -3.22. The number of fused-ring (bicyclic) bond motifs is 1. The lowest BCUT2D eigenvalue weighted by Crippen LogP contribution is -2.42. The van der Waals surface area contributed by atoms with Gasteiger partial charge in [0.25, 0.3) is 5.91 Å². The number of nitrogens with two attached hydrogens (primary N) is 1. The van der Waals surface area contributed by atoms with Crippen molar-refractivity contribution in [1.82, 2.24) is 25.1 Å². The van der Waals surface area contributed by atoms with E-state index in [2.05, 4.69) is 34.6 Å². The molecule has 1 atom stereocenters. The summed E-state index contributed by atoms with van der Waals surface area (Å²) in [6.45, 7) is 2.70. The normalized spacial score (nSPS) is 16.5. The Bertz CT molecular complexity index is 935. The number of carbonyl (C=O) groups is 1. The van der Waals surface area contributed by atoms with Crippen LogP contribution in [0.4, 0.5) is 5.95 Å². The summed E-state index contributed by atoms with van der Waals surface area (Å²) in [4.78, 5) is 15.0. The maximum absolute atomic E-state index is 13.1. The molecule has 1 aromatic heterocycles. The van der Waals surface area contributed by atoms with Gasteiger partial charge in [-0.3, -0.25) is 4.79 Å². The number of rotatable bonds is 2. The Kier molecular flexibility index (Phi) is 3.68. The summed E-state index contributed by atoms with van der Waals surface area (Å²) in [6, 6.07) is 15.6. The number of tetrazole rings is 1. The average molecular weight is 334 g/mol. The van der Waals surface area contributed by atoms with E-state index in [9.17, 15) is 4.79 Å². The van der Waals surface area contributed by atoms with Gasteiger partial charge in [0, 0.05) is 18.2 Å². The Morgan fingerprint density at radius 1 is 1.16 bits per heavy atom. The highest BCUT2D eigenvalue weighted by Crippen LogP contribution is 2.25. The van der Waals surface area contributed by atoms with Crippen LogP contribution < -0.4 is 5.73 Å². The van der Waals surface area contributed by atoms with E-state index in [1.807, 2.05) is 29.2 Å². The van der Waals surface area contributed by atoms with Crippen LogP contribution in [0.5, 0.6) is 0 Å². The van der Waals surface area contributed by atoms with Crippen molar-refractivity contribution >= 4 is 11.9 Å². The largest absolute Gasteiger partial charge is 0.366 e. The molecule has 0 radical (unpaired) electrons. The lowest BCUT2D eigenvalue weighted by Gasteiger charge is -2.35. The lowest BCUT2D eigenvalue weighted by atomic mass is 9.94. The third kappa shape index (κ3) is 2.73. The molecule has 1 unspecified atom stereocenters. The summed E-state index contributed by atoms with van der Waals surface area (Å²) in [7, 11) is 0. The first-order chi connectivity index (χ1) is 12.1. The van der Waals surface area contributed by atoms with E-state index in [1.165, 1.54) is 15.8 Å². The van der Waals surface area contributed by atoms with Gasteiger partial charge in [-0.2, -0.15) is 4.68 Å². The molecule has 0 spiro atoms. The predicted octanol–water partition coefficient (Wildman–Crippen LogP) is 1.83. The van der Waals surface area contributed by atoms with Gasteiger partial charge >= 0.3 is 0 Å². The van der Waals surface area contributed by atoms with Crippen LogP contribution in [0.1, 0.15) is 28.4 Å². The zero-order chi connectivity index (χ0) is 17.4. The number of aromatic nitrogens is 4. The molecule has 1 aliphatic rings. The molecule has 2 heterocycles. The van der Waals surface area contributed by atoms with Gasteiger partial charge in [0.2, 0.25) is 5.95 Å². The van der Waals surface area contributed by atoms with E-state index < -0.39 is 0 Å². The van der Waals surface area contributed by atoms with Crippen molar-refractivity contribution in [2.24, 2.45) is 0 Å². The number of amides is 1. The zero-order valence-corrected chi connectivity index (χ0v) is 13.8. The molecule has 3 aromatic rings. The third-order valence-corrected chi connectivity index (χ3v) is 4.60. The molecule has 7 nitrogen and oxygen atoms in total. The first kappa shape index (κ1) is 15.3. The zero-order valence-electron chi connectivity index (χ0n) is 13.8. The van der Waals surface area contributed by atoms with Gasteiger partial charge in [0.05, 0.1) is 5.69 Å². The number of hydrogen-bond acceptors (Lipinski definition) is 5. The number of nitrogens with zero attached hydrogens (tertiary/aromatic N) is 5. The highest BCUT2D eigenvalue weighted by Gasteiger charge is 2.27. The molecule has 1 aliphatic heterocycles. The fourth-order valence-corrected chi connectivity index (χ4v) is 3.27. The van der Waals surface area contributed by atoms with Crippen molar-refractivity contribution < 1.29 is 4.79 Å². The summed E-state index contributed by atoms with van der Waals surface area (Å²) >= 11 is 0. The molecule has 2 N–H and O–H groups in total. The van der Waals surface area contributed by atoms with Gasteiger partial charge in [0.1, 0.15) is 0 Å². The van der Waals surface area contributed by atoms with Crippen LogP contribution in [0.3, 0.4) is 0 Å². The minimum atomic E-state index is -0.00417. The number of anilines is 1. The second-order valence-electron chi connectivity index (χ2n) is 6.25. The summed E-state index contributed by atoms with van der Waals surface area (Å²) in [5.41, 5.74) is 9.53. The average Bonchev–Trinajstić information content (AvgIpc) is 3.06. The van der Waals surface area contributed by atoms with Crippen molar-refractivity contribution in [3.05, 3.63) is 65.2 Å². The fraction of sp³-hybridized carbons (Fsp3) is 0.222. The third-order valence-electron chi connectivity index (χ3n) is 4.60. The van der Waals surface area contributed by atoms with E-state index in [0.717, 1.165) is 6.42 Å². The van der Waals surface area contributed by atoms with Crippen LogP contribution >= 0.6 is 0 Å². The highest BCUT2D eigenvalue weighted by molar-refractivity contribution is 5.95.